The third-order valence-electron chi connectivity index (χ3n) is 3.43. The van der Waals surface area contributed by atoms with E-state index >= 15 is 0 Å². The Balaban J connectivity index is 1.72. The number of ether oxygens (including phenoxy) is 3. The Labute approximate surface area is 159 Å². The SMILES string of the molecule is COc1ccc(OCCC(=O)OCC(=O)Nc2ccc(F)c([N+](=O)[O-])c2)cc1. The molecule has 0 aromatic heterocycles. The van der Waals surface area contributed by atoms with Gasteiger partial charge in [-0.2, -0.15) is 4.39 Å². The smallest absolute Gasteiger partial charge is 0.309 e. The molecule has 1 amide bonds. The van der Waals surface area contributed by atoms with E-state index in [0.717, 1.165) is 18.2 Å². The van der Waals surface area contributed by atoms with E-state index in [1.54, 1.807) is 31.4 Å². The molecule has 0 spiro atoms. The highest BCUT2D eigenvalue weighted by Crippen LogP contribution is 2.21. The second-order valence-corrected chi connectivity index (χ2v) is 5.41. The number of rotatable bonds is 9. The number of esters is 1. The first-order valence-corrected chi connectivity index (χ1v) is 8.05. The number of nitro benzene ring substituents is 1. The Morgan fingerprint density at radius 3 is 2.46 bits per heavy atom. The number of nitrogens with zero attached hydrogens (tertiary/aromatic N) is 1. The van der Waals surface area contributed by atoms with E-state index in [2.05, 4.69) is 5.32 Å². The zero-order chi connectivity index (χ0) is 20.5. The molecule has 0 radical (unpaired) electrons. The minimum Gasteiger partial charge on any atom is -0.497 e. The summed E-state index contributed by atoms with van der Waals surface area (Å²) in [5.41, 5.74) is -0.762. The number of halogens is 1. The Kier molecular flexibility index (Phi) is 7.26. The first-order valence-electron chi connectivity index (χ1n) is 8.05. The van der Waals surface area contributed by atoms with Gasteiger partial charge in [-0.05, 0) is 36.4 Å². The fourth-order valence-corrected chi connectivity index (χ4v) is 2.07. The summed E-state index contributed by atoms with van der Waals surface area (Å²) in [5.74, 6) is -1.18. The highest BCUT2D eigenvalue weighted by molar-refractivity contribution is 5.93. The Hall–Kier alpha value is -3.69. The van der Waals surface area contributed by atoms with Crippen LogP contribution in [0.3, 0.4) is 0 Å². The van der Waals surface area contributed by atoms with Gasteiger partial charge in [0.05, 0.1) is 25.1 Å². The number of hydrogen-bond acceptors (Lipinski definition) is 7. The average Bonchev–Trinajstić information content (AvgIpc) is 2.68. The molecule has 10 heteroatoms. The van der Waals surface area contributed by atoms with Crippen LogP contribution in [0.1, 0.15) is 6.42 Å². The van der Waals surface area contributed by atoms with Crippen LogP contribution < -0.4 is 14.8 Å². The van der Waals surface area contributed by atoms with Crippen molar-refractivity contribution in [3.05, 3.63) is 58.4 Å². The molecule has 2 aromatic carbocycles. The molecule has 0 bridgehead atoms. The Bertz CT molecular complexity index is 856. The van der Waals surface area contributed by atoms with Gasteiger partial charge >= 0.3 is 11.7 Å². The molecule has 0 unspecified atom stereocenters. The number of anilines is 1. The molecule has 9 nitrogen and oxygen atoms in total. The van der Waals surface area contributed by atoms with Gasteiger partial charge in [0.1, 0.15) is 11.5 Å². The van der Waals surface area contributed by atoms with E-state index in [0.29, 0.717) is 11.5 Å². The van der Waals surface area contributed by atoms with Crippen LogP contribution in [0.5, 0.6) is 11.5 Å². The summed E-state index contributed by atoms with van der Waals surface area (Å²) in [4.78, 5) is 33.1. The van der Waals surface area contributed by atoms with Crippen molar-refractivity contribution in [2.75, 3.05) is 25.6 Å². The minimum absolute atomic E-state index is 0.0111. The Morgan fingerprint density at radius 1 is 1.14 bits per heavy atom. The molecule has 0 heterocycles. The summed E-state index contributed by atoms with van der Waals surface area (Å²) in [6.45, 7) is -0.538. The summed E-state index contributed by atoms with van der Waals surface area (Å²) in [6.07, 6.45) is -0.0820. The molecule has 0 saturated carbocycles. The van der Waals surface area contributed by atoms with Crippen molar-refractivity contribution in [3.8, 4) is 11.5 Å². The number of nitro groups is 1. The molecule has 148 valence electrons. The van der Waals surface area contributed by atoms with Crippen LogP contribution >= 0.6 is 0 Å². The lowest BCUT2D eigenvalue weighted by Crippen LogP contribution is -2.21. The zero-order valence-corrected chi connectivity index (χ0v) is 14.8. The van der Waals surface area contributed by atoms with Gasteiger partial charge in [0, 0.05) is 11.8 Å². The van der Waals surface area contributed by atoms with Crippen molar-refractivity contribution < 1.29 is 33.1 Å². The molecular formula is C18H17FN2O7. The van der Waals surface area contributed by atoms with E-state index in [4.69, 9.17) is 14.2 Å². The maximum absolute atomic E-state index is 13.2. The van der Waals surface area contributed by atoms with Crippen molar-refractivity contribution in [2.24, 2.45) is 0 Å². The topological polar surface area (TPSA) is 117 Å². The quantitative estimate of drug-likeness (QED) is 0.396. The molecule has 1 N–H and O–H groups in total. The van der Waals surface area contributed by atoms with Gasteiger partial charge in [0.25, 0.3) is 5.91 Å². The molecule has 0 fully saturated rings. The average molecular weight is 392 g/mol. The van der Waals surface area contributed by atoms with Crippen LogP contribution in [-0.2, 0) is 14.3 Å². The van der Waals surface area contributed by atoms with E-state index in [1.165, 1.54) is 0 Å². The number of hydrogen-bond donors (Lipinski definition) is 1. The van der Waals surface area contributed by atoms with E-state index in [-0.39, 0.29) is 18.7 Å². The third-order valence-corrected chi connectivity index (χ3v) is 3.43. The first-order chi connectivity index (χ1) is 13.4. The van der Waals surface area contributed by atoms with Gasteiger partial charge in [-0.3, -0.25) is 19.7 Å². The van der Waals surface area contributed by atoms with E-state index in [9.17, 15) is 24.1 Å². The van der Waals surface area contributed by atoms with Gasteiger partial charge in [-0.1, -0.05) is 0 Å². The highest BCUT2D eigenvalue weighted by atomic mass is 19.1. The molecule has 0 aliphatic carbocycles. The number of carbonyl (C=O) groups is 2. The van der Waals surface area contributed by atoms with Crippen LogP contribution in [0.25, 0.3) is 0 Å². The fourth-order valence-electron chi connectivity index (χ4n) is 2.07. The molecule has 0 atom stereocenters. The molecule has 0 saturated heterocycles. The lowest BCUT2D eigenvalue weighted by atomic mass is 10.2. The van der Waals surface area contributed by atoms with Crippen molar-refractivity contribution in [3.63, 3.8) is 0 Å². The summed E-state index contributed by atoms with van der Waals surface area (Å²) in [5, 5.41) is 13.0. The number of methoxy groups -OCH3 is 1. The van der Waals surface area contributed by atoms with Gasteiger partial charge in [0.15, 0.2) is 6.61 Å². The van der Waals surface area contributed by atoms with Crippen LogP contribution in [0.15, 0.2) is 42.5 Å². The normalized spacial score (nSPS) is 10.1. The maximum Gasteiger partial charge on any atom is 0.309 e. The molecule has 28 heavy (non-hydrogen) atoms. The highest BCUT2D eigenvalue weighted by Gasteiger charge is 2.16. The maximum atomic E-state index is 13.2. The van der Waals surface area contributed by atoms with E-state index < -0.39 is 34.9 Å². The first kappa shape index (κ1) is 20.6. The van der Waals surface area contributed by atoms with Crippen molar-refractivity contribution >= 4 is 23.3 Å². The number of nitrogens with one attached hydrogen (secondary N) is 1. The zero-order valence-electron chi connectivity index (χ0n) is 14.8. The van der Waals surface area contributed by atoms with Gasteiger partial charge in [-0.25, -0.2) is 0 Å². The summed E-state index contributed by atoms with van der Waals surface area (Å²) in [6, 6.07) is 9.66. The van der Waals surface area contributed by atoms with Crippen molar-refractivity contribution in [2.45, 2.75) is 6.42 Å². The molecule has 0 aliphatic heterocycles. The van der Waals surface area contributed by atoms with Crippen molar-refractivity contribution in [1.82, 2.24) is 0 Å². The monoisotopic (exact) mass is 392 g/mol. The summed E-state index contributed by atoms with van der Waals surface area (Å²) in [7, 11) is 1.54. The second-order valence-electron chi connectivity index (χ2n) is 5.41. The van der Waals surface area contributed by atoms with E-state index in [1.807, 2.05) is 0 Å². The number of carbonyl (C=O) groups excluding carboxylic acids is 2. The van der Waals surface area contributed by atoms with Gasteiger partial charge in [-0.15, -0.1) is 0 Å². The van der Waals surface area contributed by atoms with Crippen LogP contribution in [0, 0.1) is 15.9 Å². The molecule has 2 rings (SSSR count). The lowest BCUT2D eigenvalue weighted by Gasteiger charge is -2.08. The fraction of sp³-hybridized carbons (Fsp3) is 0.222. The van der Waals surface area contributed by atoms with Crippen LogP contribution in [0.2, 0.25) is 0 Å². The van der Waals surface area contributed by atoms with Gasteiger partial charge < -0.3 is 19.5 Å². The number of amides is 1. The minimum atomic E-state index is -1.02. The predicted octanol–water partition coefficient (Wildman–Crippen LogP) is 2.69. The Morgan fingerprint density at radius 2 is 1.82 bits per heavy atom. The lowest BCUT2D eigenvalue weighted by molar-refractivity contribution is -0.387. The van der Waals surface area contributed by atoms with Crippen LogP contribution in [-0.4, -0.2) is 37.1 Å². The van der Waals surface area contributed by atoms with Gasteiger partial charge in [0.2, 0.25) is 5.82 Å². The summed E-state index contributed by atoms with van der Waals surface area (Å²) < 4.78 is 28.4. The molecular weight excluding hydrogens is 375 g/mol. The number of benzene rings is 2. The van der Waals surface area contributed by atoms with Crippen LogP contribution in [0.4, 0.5) is 15.8 Å². The molecule has 0 aliphatic rings. The largest absolute Gasteiger partial charge is 0.497 e. The standard InChI is InChI=1S/C18H17FN2O7/c1-26-13-3-5-14(6-4-13)27-9-8-18(23)28-11-17(22)20-12-2-7-15(19)16(10-12)21(24)25/h2-7,10H,8-9,11H2,1H3,(H,20,22). The van der Waals surface area contributed by atoms with Crippen molar-refractivity contribution in [1.29, 1.82) is 0 Å². The molecule has 2 aromatic rings. The predicted molar refractivity (Wildman–Crippen MR) is 95.7 cm³/mol. The second kappa shape index (κ2) is 9.86. The third kappa shape index (κ3) is 6.24. The summed E-state index contributed by atoms with van der Waals surface area (Å²) >= 11 is 0.